The molecule has 0 aliphatic carbocycles. The Hall–Kier alpha value is -1.08. The van der Waals surface area contributed by atoms with Crippen LogP contribution in [0.3, 0.4) is 0 Å². The summed E-state index contributed by atoms with van der Waals surface area (Å²) in [4.78, 5) is 11.3. The lowest BCUT2D eigenvalue weighted by molar-refractivity contribution is -0.173. The van der Waals surface area contributed by atoms with Gasteiger partial charge in [0, 0.05) is 13.1 Å². The summed E-state index contributed by atoms with van der Waals surface area (Å²) in [5.41, 5.74) is 0. The summed E-state index contributed by atoms with van der Waals surface area (Å²) >= 11 is 0. The van der Waals surface area contributed by atoms with Gasteiger partial charge in [-0.1, -0.05) is 6.08 Å². The second-order valence-corrected chi connectivity index (χ2v) is 3.38. The van der Waals surface area contributed by atoms with Gasteiger partial charge in [0.25, 0.3) is 0 Å². The number of alkyl halides is 3. The van der Waals surface area contributed by atoms with Crippen LogP contribution in [0, 0.1) is 0 Å². The summed E-state index contributed by atoms with van der Waals surface area (Å²) in [7, 11) is 0. The number of ether oxygens (including phenoxy) is 1. The van der Waals surface area contributed by atoms with Crippen LogP contribution in [-0.2, 0) is 9.53 Å². The summed E-state index contributed by atoms with van der Waals surface area (Å²) in [6, 6.07) is -0.482. The van der Waals surface area contributed by atoms with Crippen molar-refractivity contribution in [2.24, 2.45) is 0 Å². The van der Waals surface area contributed by atoms with E-state index >= 15 is 0 Å². The highest BCUT2D eigenvalue weighted by Gasteiger charge is 2.27. The topological polar surface area (TPSA) is 50.4 Å². The molecule has 17 heavy (non-hydrogen) atoms. The number of nitrogens with one attached hydrogen (secondary N) is 2. The number of hydrogen-bond acceptors (Lipinski definition) is 3. The molecule has 4 nitrogen and oxygen atoms in total. The molecule has 0 saturated heterocycles. The molecule has 0 rings (SSSR count). The van der Waals surface area contributed by atoms with Gasteiger partial charge in [0.1, 0.15) is 6.61 Å². The van der Waals surface area contributed by atoms with Crippen LogP contribution in [0.25, 0.3) is 0 Å². The monoisotopic (exact) mass is 254 g/mol. The van der Waals surface area contributed by atoms with Gasteiger partial charge in [-0.15, -0.1) is 6.58 Å². The minimum Gasteiger partial charge on any atom is -0.371 e. The lowest BCUT2D eigenvalue weighted by Crippen LogP contribution is -2.43. The molecule has 100 valence electrons. The van der Waals surface area contributed by atoms with Gasteiger partial charge in [0.05, 0.1) is 12.6 Å². The third-order valence-electron chi connectivity index (χ3n) is 1.78. The molecule has 0 fully saturated rings. The maximum Gasteiger partial charge on any atom is 0.411 e. The van der Waals surface area contributed by atoms with Crippen molar-refractivity contribution >= 4 is 5.91 Å². The van der Waals surface area contributed by atoms with E-state index < -0.39 is 18.8 Å². The molecule has 7 heteroatoms. The average Bonchev–Trinajstić information content (AvgIpc) is 2.23. The summed E-state index contributed by atoms with van der Waals surface area (Å²) in [5.74, 6) is -0.235. The first kappa shape index (κ1) is 15.9. The quantitative estimate of drug-likeness (QED) is 0.498. The summed E-state index contributed by atoms with van der Waals surface area (Å²) in [6.07, 6.45) is -2.77. The van der Waals surface area contributed by atoms with Gasteiger partial charge in [-0.25, -0.2) is 0 Å². The Morgan fingerprint density at radius 1 is 1.53 bits per heavy atom. The Bertz CT molecular complexity index is 244. The van der Waals surface area contributed by atoms with Crippen molar-refractivity contribution in [1.82, 2.24) is 10.6 Å². The first-order valence-corrected chi connectivity index (χ1v) is 5.13. The van der Waals surface area contributed by atoms with Crippen LogP contribution in [0.1, 0.15) is 6.92 Å². The number of rotatable bonds is 8. The minimum atomic E-state index is -4.31. The molecule has 0 bridgehead atoms. The van der Waals surface area contributed by atoms with Crippen molar-refractivity contribution in [3.8, 4) is 0 Å². The van der Waals surface area contributed by atoms with E-state index in [0.29, 0.717) is 6.54 Å². The Kier molecular flexibility index (Phi) is 7.56. The van der Waals surface area contributed by atoms with Gasteiger partial charge >= 0.3 is 6.18 Å². The van der Waals surface area contributed by atoms with Crippen LogP contribution in [0.2, 0.25) is 0 Å². The third-order valence-corrected chi connectivity index (χ3v) is 1.78. The maximum absolute atomic E-state index is 11.7. The molecule has 0 saturated carbocycles. The van der Waals surface area contributed by atoms with E-state index in [-0.39, 0.29) is 19.1 Å². The lowest BCUT2D eigenvalue weighted by atomic mass is 10.3. The summed E-state index contributed by atoms with van der Waals surface area (Å²) in [6.45, 7) is 4.22. The van der Waals surface area contributed by atoms with E-state index in [9.17, 15) is 18.0 Å². The smallest absolute Gasteiger partial charge is 0.371 e. The third kappa shape index (κ3) is 9.83. The summed E-state index contributed by atoms with van der Waals surface area (Å²) in [5, 5.41) is 5.30. The van der Waals surface area contributed by atoms with E-state index in [1.54, 1.807) is 6.92 Å². The Morgan fingerprint density at radius 2 is 2.18 bits per heavy atom. The van der Waals surface area contributed by atoms with E-state index in [0.717, 1.165) is 0 Å². The van der Waals surface area contributed by atoms with Crippen LogP contribution in [0.4, 0.5) is 13.2 Å². The number of amides is 1. The Balaban J connectivity index is 3.54. The largest absolute Gasteiger partial charge is 0.411 e. The molecule has 0 aliphatic heterocycles. The van der Waals surface area contributed by atoms with Gasteiger partial charge in [0.2, 0.25) is 5.91 Å². The van der Waals surface area contributed by atoms with Crippen LogP contribution >= 0.6 is 0 Å². The van der Waals surface area contributed by atoms with Crippen LogP contribution in [-0.4, -0.2) is 44.4 Å². The molecular formula is C10H17F3N2O2. The predicted molar refractivity (Wildman–Crippen MR) is 57.5 cm³/mol. The Morgan fingerprint density at radius 3 is 2.71 bits per heavy atom. The van der Waals surface area contributed by atoms with Crippen molar-refractivity contribution in [2.75, 3.05) is 26.3 Å². The van der Waals surface area contributed by atoms with E-state index in [1.165, 1.54) is 6.08 Å². The Labute approximate surface area is 98.2 Å². The van der Waals surface area contributed by atoms with Gasteiger partial charge in [-0.3, -0.25) is 4.79 Å². The molecule has 0 radical (unpaired) electrons. The molecule has 0 heterocycles. The van der Waals surface area contributed by atoms with E-state index in [4.69, 9.17) is 0 Å². The fourth-order valence-electron chi connectivity index (χ4n) is 0.954. The number of carbonyl (C=O) groups is 1. The van der Waals surface area contributed by atoms with Gasteiger partial charge < -0.3 is 15.4 Å². The SMILES string of the molecule is C=CCNC(=O)C(C)NCCOCC(F)(F)F. The van der Waals surface area contributed by atoms with Crippen molar-refractivity contribution in [3.05, 3.63) is 12.7 Å². The molecule has 0 aromatic carbocycles. The van der Waals surface area contributed by atoms with Crippen molar-refractivity contribution in [1.29, 1.82) is 0 Å². The van der Waals surface area contributed by atoms with Crippen LogP contribution < -0.4 is 10.6 Å². The minimum absolute atomic E-state index is 0.0986. The first-order valence-electron chi connectivity index (χ1n) is 5.13. The number of halogens is 3. The molecule has 2 N–H and O–H groups in total. The molecule has 0 spiro atoms. The van der Waals surface area contributed by atoms with Crippen LogP contribution in [0.5, 0.6) is 0 Å². The normalized spacial score (nSPS) is 13.2. The van der Waals surface area contributed by atoms with Crippen molar-refractivity contribution in [2.45, 2.75) is 19.1 Å². The van der Waals surface area contributed by atoms with Gasteiger partial charge in [-0.05, 0) is 6.92 Å². The molecule has 1 atom stereocenters. The van der Waals surface area contributed by atoms with Gasteiger partial charge in [-0.2, -0.15) is 13.2 Å². The van der Waals surface area contributed by atoms with Crippen molar-refractivity contribution < 1.29 is 22.7 Å². The zero-order chi connectivity index (χ0) is 13.3. The molecule has 1 amide bonds. The number of hydrogen-bond donors (Lipinski definition) is 2. The fraction of sp³-hybridized carbons (Fsp3) is 0.700. The lowest BCUT2D eigenvalue weighted by Gasteiger charge is -2.13. The molecular weight excluding hydrogens is 237 g/mol. The molecule has 0 aliphatic rings. The first-order chi connectivity index (χ1) is 7.87. The maximum atomic E-state index is 11.7. The highest BCUT2D eigenvalue weighted by Crippen LogP contribution is 2.13. The molecule has 0 aromatic rings. The zero-order valence-electron chi connectivity index (χ0n) is 9.64. The molecule has 1 unspecified atom stereocenters. The number of carbonyl (C=O) groups excluding carboxylic acids is 1. The summed E-state index contributed by atoms with van der Waals surface area (Å²) < 4.78 is 39.4. The second-order valence-electron chi connectivity index (χ2n) is 3.38. The standard InChI is InChI=1S/C10H17F3N2O2/c1-3-4-15-9(16)8(2)14-5-6-17-7-10(11,12)13/h3,8,14H,1,4-7H2,2H3,(H,15,16). The van der Waals surface area contributed by atoms with E-state index in [2.05, 4.69) is 21.9 Å². The predicted octanol–water partition coefficient (Wildman–Crippen LogP) is 0.846. The van der Waals surface area contributed by atoms with E-state index in [1.807, 2.05) is 0 Å². The van der Waals surface area contributed by atoms with Gasteiger partial charge in [0.15, 0.2) is 0 Å². The van der Waals surface area contributed by atoms with Crippen molar-refractivity contribution in [3.63, 3.8) is 0 Å². The highest BCUT2D eigenvalue weighted by atomic mass is 19.4. The van der Waals surface area contributed by atoms with Crippen LogP contribution in [0.15, 0.2) is 12.7 Å². The highest BCUT2D eigenvalue weighted by molar-refractivity contribution is 5.81. The second kappa shape index (κ2) is 8.08. The molecule has 0 aromatic heterocycles. The fourth-order valence-corrected chi connectivity index (χ4v) is 0.954. The zero-order valence-corrected chi connectivity index (χ0v) is 9.64. The average molecular weight is 254 g/mol.